The number of amides is 2. The highest BCUT2D eigenvalue weighted by atomic mass is 35.5. The van der Waals surface area contributed by atoms with Gasteiger partial charge in [-0.2, -0.15) is 10.1 Å². The van der Waals surface area contributed by atoms with E-state index in [9.17, 15) is 9.59 Å². The maximum atomic E-state index is 13.1. The van der Waals surface area contributed by atoms with Gasteiger partial charge in [-0.15, -0.1) is 0 Å². The van der Waals surface area contributed by atoms with E-state index in [1.807, 2.05) is 30.3 Å². The van der Waals surface area contributed by atoms with Crippen molar-refractivity contribution in [2.45, 2.75) is 13.0 Å². The van der Waals surface area contributed by atoms with Crippen molar-refractivity contribution in [2.75, 3.05) is 7.11 Å². The van der Waals surface area contributed by atoms with Crippen LogP contribution in [0.25, 0.3) is 0 Å². The average Bonchev–Trinajstić information content (AvgIpc) is 3.62. The number of hydrogen-bond acceptors (Lipinski definition) is 5. The van der Waals surface area contributed by atoms with Crippen molar-refractivity contribution in [1.29, 1.82) is 0 Å². The highest BCUT2D eigenvalue weighted by molar-refractivity contribution is 6.31. The number of rotatable bonds is 6. The van der Waals surface area contributed by atoms with Gasteiger partial charge in [-0.3, -0.25) is 9.59 Å². The van der Waals surface area contributed by atoms with Gasteiger partial charge in [0.05, 0.1) is 25.2 Å². The van der Waals surface area contributed by atoms with Crippen LogP contribution < -0.4 is 9.47 Å². The standard InChI is InChI=1S/C26H23ClN2O4/c1-32-22-10-14(6-9-21(22)33-13-15-4-2-3-5-20(15)27)12-28-29-25(30)23-16-7-8-17(19-11-18(16)19)24(23)26(29)31/h2-10,12,16-19,23-24H,11,13H2,1H3/b28-12-/t16-,17+,18-,19-,23+,24+/m1/s1. The summed E-state index contributed by atoms with van der Waals surface area (Å²) in [5.41, 5.74) is 1.58. The molecule has 4 aliphatic carbocycles. The number of allylic oxidation sites excluding steroid dienone is 2. The number of nitrogens with zero attached hydrogens (tertiary/aromatic N) is 2. The van der Waals surface area contributed by atoms with Crippen molar-refractivity contribution in [2.24, 2.45) is 40.6 Å². The molecule has 3 fully saturated rings. The second kappa shape index (κ2) is 7.73. The summed E-state index contributed by atoms with van der Waals surface area (Å²) >= 11 is 6.20. The van der Waals surface area contributed by atoms with E-state index in [4.69, 9.17) is 21.1 Å². The summed E-state index contributed by atoms with van der Waals surface area (Å²) < 4.78 is 11.4. The molecule has 0 N–H and O–H groups in total. The molecule has 168 valence electrons. The molecular formula is C26H23ClN2O4. The number of methoxy groups -OCH3 is 1. The SMILES string of the molecule is COc1cc(/C=N\N2C(=O)[C@H]3[C@@H]4C=C[C@@H]([C@H]5C[C@H]45)[C@@H]3C2=O)ccc1OCc1ccccc1Cl. The van der Waals surface area contributed by atoms with E-state index < -0.39 is 0 Å². The van der Waals surface area contributed by atoms with E-state index in [1.165, 1.54) is 6.21 Å². The van der Waals surface area contributed by atoms with E-state index >= 15 is 0 Å². The zero-order valence-corrected chi connectivity index (χ0v) is 18.8. The molecule has 1 saturated heterocycles. The van der Waals surface area contributed by atoms with Gasteiger partial charge in [0.15, 0.2) is 11.5 Å². The molecule has 0 radical (unpaired) electrons. The molecule has 2 bridgehead atoms. The van der Waals surface area contributed by atoms with Crippen LogP contribution in [0.15, 0.2) is 59.7 Å². The van der Waals surface area contributed by atoms with Gasteiger partial charge in [-0.1, -0.05) is 42.0 Å². The molecule has 2 amide bonds. The monoisotopic (exact) mass is 462 g/mol. The lowest BCUT2D eigenvalue weighted by Crippen LogP contribution is -2.40. The van der Waals surface area contributed by atoms with Gasteiger partial charge in [-0.25, -0.2) is 0 Å². The van der Waals surface area contributed by atoms with Gasteiger partial charge in [0.1, 0.15) is 6.61 Å². The second-order valence-electron chi connectivity index (χ2n) is 9.18. The largest absolute Gasteiger partial charge is 0.493 e. The third-order valence-corrected chi connectivity index (χ3v) is 7.86. The molecule has 7 rings (SSSR count). The van der Waals surface area contributed by atoms with Crippen molar-refractivity contribution < 1.29 is 19.1 Å². The highest BCUT2D eigenvalue weighted by Crippen LogP contribution is 2.65. The molecule has 33 heavy (non-hydrogen) atoms. The highest BCUT2D eigenvalue weighted by Gasteiger charge is 2.67. The van der Waals surface area contributed by atoms with Crippen LogP contribution in [-0.2, 0) is 16.2 Å². The van der Waals surface area contributed by atoms with Crippen LogP contribution >= 0.6 is 11.6 Å². The van der Waals surface area contributed by atoms with E-state index in [2.05, 4.69) is 17.3 Å². The Bertz CT molecular complexity index is 1170. The minimum atomic E-state index is -0.247. The fourth-order valence-electron chi connectivity index (χ4n) is 5.83. The lowest BCUT2D eigenvalue weighted by molar-refractivity contribution is -0.140. The zero-order valence-electron chi connectivity index (χ0n) is 18.1. The van der Waals surface area contributed by atoms with E-state index in [0.29, 0.717) is 40.5 Å². The molecule has 2 aromatic rings. The quantitative estimate of drug-likeness (QED) is 0.364. The zero-order chi connectivity index (χ0) is 22.7. The van der Waals surface area contributed by atoms with E-state index in [1.54, 1.807) is 19.2 Å². The smallest absolute Gasteiger partial charge is 0.254 e. The second-order valence-corrected chi connectivity index (χ2v) is 9.59. The first-order valence-corrected chi connectivity index (χ1v) is 11.6. The topological polar surface area (TPSA) is 68.2 Å². The average molecular weight is 463 g/mol. The molecule has 2 saturated carbocycles. The summed E-state index contributed by atoms with van der Waals surface area (Å²) in [5, 5.41) is 6.02. The van der Waals surface area contributed by atoms with Crippen LogP contribution in [0.2, 0.25) is 5.02 Å². The molecule has 0 aromatic heterocycles. The number of imide groups is 1. The summed E-state index contributed by atoms with van der Waals surface area (Å²) in [5.74, 6) is 1.79. The molecule has 7 heteroatoms. The maximum absolute atomic E-state index is 13.1. The number of hydrogen-bond donors (Lipinski definition) is 0. The molecule has 1 heterocycles. The van der Waals surface area contributed by atoms with Crippen molar-refractivity contribution >= 4 is 29.6 Å². The van der Waals surface area contributed by atoms with Gasteiger partial charge >= 0.3 is 0 Å². The maximum Gasteiger partial charge on any atom is 0.254 e. The van der Waals surface area contributed by atoms with Crippen molar-refractivity contribution in [3.63, 3.8) is 0 Å². The van der Waals surface area contributed by atoms with Gasteiger partial charge in [0.2, 0.25) is 0 Å². The molecule has 6 atom stereocenters. The Morgan fingerprint density at radius 1 is 1.03 bits per heavy atom. The number of ether oxygens (including phenoxy) is 2. The van der Waals surface area contributed by atoms with Crippen molar-refractivity contribution in [3.05, 3.63) is 70.8 Å². The molecule has 0 unspecified atom stereocenters. The van der Waals surface area contributed by atoms with E-state index in [-0.39, 0.29) is 35.5 Å². The summed E-state index contributed by atoms with van der Waals surface area (Å²) in [6, 6.07) is 12.9. The van der Waals surface area contributed by atoms with Gasteiger partial charge in [-0.05, 0) is 59.9 Å². The van der Waals surface area contributed by atoms with Gasteiger partial charge in [0, 0.05) is 10.6 Å². The van der Waals surface area contributed by atoms with E-state index in [0.717, 1.165) is 17.0 Å². The normalized spacial score (nSPS) is 31.2. The number of hydrazone groups is 1. The van der Waals surface area contributed by atoms with Gasteiger partial charge in [0.25, 0.3) is 11.8 Å². The lowest BCUT2D eigenvalue weighted by atomic mass is 9.63. The van der Waals surface area contributed by atoms with Crippen LogP contribution in [0, 0.1) is 35.5 Å². The number of carbonyl (C=O) groups is 2. The predicted molar refractivity (Wildman–Crippen MR) is 123 cm³/mol. The summed E-state index contributed by atoms with van der Waals surface area (Å²) in [6.07, 6.45) is 6.99. The Kier molecular flexibility index (Phi) is 4.80. The Balaban J connectivity index is 1.18. The Morgan fingerprint density at radius 3 is 2.39 bits per heavy atom. The first-order chi connectivity index (χ1) is 16.1. The molecule has 2 aromatic carbocycles. The number of benzene rings is 2. The van der Waals surface area contributed by atoms with Crippen LogP contribution in [0.4, 0.5) is 0 Å². The van der Waals surface area contributed by atoms with Crippen LogP contribution in [0.5, 0.6) is 11.5 Å². The minimum Gasteiger partial charge on any atom is -0.493 e. The molecule has 6 nitrogen and oxygen atoms in total. The summed E-state index contributed by atoms with van der Waals surface area (Å²) in [6.45, 7) is 0.307. The Labute approximate surface area is 196 Å². The molecule has 5 aliphatic rings. The fraction of sp³-hybridized carbons (Fsp3) is 0.346. The summed E-state index contributed by atoms with van der Waals surface area (Å²) in [7, 11) is 1.56. The summed E-state index contributed by atoms with van der Waals surface area (Å²) in [4.78, 5) is 26.1. The third-order valence-electron chi connectivity index (χ3n) is 7.49. The number of carbonyl (C=O) groups excluding carboxylic acids is 2. The molecule has 1 aliphatic heterocycles. The lowest BCUT2D eigenvalue weighted by Gasteiger charge is -2.37. The molecule has 0 spiro atoms. The van der Waals surface area contributed by atoms with Crippen LogP contribution in [0.3, 0.4) is 0 Å². The molecular weight excluding hydrogens is 440 g/mol. The van der Waals surface area contributed by atoms with Crippen molar-refractivity contribution in [3.8, 4) is 11.5 Å². The Morgan fingerprint density at radius 2 is 1.73 bits per heavy atom. The first-order valence-electron chi connectivity index (χ1n) is 11.2. The van der Waals surface area contributed by atoms with Gasteiger partial charge < -0.3 is 9.47 Å². The minimum absolute atomic E-state index is 0.169. The Hall–Kier alpha value is -3.12. The van der Waals surface area contributed by atoms with Crippen LogP contribution in [-0.4, -0.2) is 30.1 Å². The number of halogens is 1. The fourth-order valence-corrected chi connectivity index (χ4v) is 6.02. The first kappa shape index (κ1) is 20.5. The van der Waals surface area contributed by atoms with Crippen molar-refractivity contribution in [1.82, 2.24) is 5.01 Å². The van der Waals surface area contributed by atoms with Crippen LogP contribution in [0.1, 0.15) is 17.5 Å². The third kappa shape index (κ3) is 3.27. The predicted octanol–water partition coefficient (Wildman–Crippen LogP) is 4.31.